The Bertz CT molecular complexity index is 922. The summed E-state index contributed by atoms with van der Waals surface area (Å²) in [6, 6.07) is 3.73. The molecule has 0 radical (unpaired) electrons. The molecule has 0 saturated carbocycles. The maximum atomic E-state index is 12.4. The smallest absolute Gasteiger partial charge is 0.325 e. The van der Waals surface area contributed by atoms with Crippen LogP contribution in [0.5, 0.6) is 0 Å². The summed E-state index contributed by atoms with van der Waals surface area (Å²) in [6.07, 6.45) is 0. The van der Waals surface area contributed by atoms with E-state index in [9.17, 15) is 9.59 Å². The van der Waals surface area contributed by atoms with E-state index in [-0.39, 0.29) is 11.5 Å². The van der Waals surface area contributed by atoms with Crippen molar-refractivity contribution in [3.63, 3.8) is 0 Å². The summed E-state index contributed by atoms with van der Waals surface area (Å²) in [5, 5.41) is 14.1. The van der Waals surface area contributed by atoms with Gasteiger partial charge in [-0.15, -0.1) is 11.3 Å². The van der Waals surface area contributed by atoms with Gasteiger partial charge in [0.15, 0.2) is 0 Å². The molecule has 3 heterocycles. The molecule has 0 amide bonds. The van der Waals surface area contributed by atoms with E-state index < -0.39 is 12.5 Å². The van der Waals surface area contributed by atoms with Gasteiger partial charge in [-0.25, -0.2) is 4.68 Å². The monoisotopic (exact) mass is 369 g/mol. The highest BCUT2D eigenvalue weighted by Crippen LogP contribution is 2.32. The molecule has 110 valence electrons. The van der Waals surface area contributed by atoms with Crippen LogP contribution in [0.4, 0.5) is 0 Å². The minimum Gasteiger partial charge on any atom is -0.480 e. The normalized spacial score (nSPS) is 11.8. The van der Waals surface area contributed by atoms with E-state index in [1.54, 1.807) is 6.07 Å². The van der Waals surface area contributed by atoms with E-state index in [2.05, 4.69) is 21.0 Å². The molecule has 0 aliphatic heterocycles. The van der Waals surface area contributed by atoms with Gasteiger partial charge in [0.05, 0.1) is 3.79 Å². The van der Waals surface area contributed by atoms with Gasteiger partial charge in [-0.1, -0.05) is 13.8 Å². The summed E-state index contributed by atoms with van der Waals surface area (Å²) in [5.74, 6) is -0.348. The van der Waals surface area contributed by atoms with E-state index in [0.717, 1.165) is 18.7 Å². The zero-order valence-corrected chi connectivity index (χ0v) is 13.7. The lowest BCUT2D eigenvalue weighted by atomic mass is 10.2. The maximum absolute atomic E-state index is 12.4. The summed E-state index contributed by atoms with van der Waals surface area (Å²) < 4.78 is 3.83. The summed E-state index contributed by atoms with van der Waals surface area (Å²) in [7, 11) is 0. The highest BCUT2D eigenvalue weighted by atomic mass is 79.9. The van der Waals surface area contributed by atoms with Crippen molar-refractivity contribution in [2.75, 3.05) is 0 Å². The lowest BCUT2D eigenvalue weighted by Gasteiger charge is -2.11. The molecule has 0 aliphatic carbocycles. The number of aromatic nitrogens is 3. The fourth-order valence-electron chi connectivity index (χ4n) is 2.30. The van der Waals surface area contributed by atoms with E-state index >= 15 is 0 Å². The fraction of sp³-hybridized carbons (Fsp3) is 0.308. The number of nitrogens with zero attached hydrogens (tertiary/aromatic N) is 3. The highest BCUT2D eigenvalue weighted by molar-refractivity contribution is 9.11. The van der Waals surface area contributed by atoms with Crippen LogP contribution in [0.2, 0.25) is 0 Å². The fourth-order valence-corrected chi connectivity index (χ4v) is 3.90. The van der Waals surface area contributed by atoms with Gasteiger partial charge >= 0.3 is 5.97 Å². The number of hydrogen-bond donors (Lipinski definition) is 1. The second-order valence-electron chi connectivity index (χ2n) is 5.05. The molecule has 21 heavy (non-hydrogen) atoms. The van der Waals surface area contributed by atoms with Crippen molar-refractivity contribution >= 4 is 49.0 Å². The molecule has 8 heteroatoms. The molecular formula is C13H12BrN3O3S. The molecule has 0 spiro atoms. The molecule has 3 aromatic heterocycles. The minimum atomic E-state index is -1.08. The van der Waals surface area contributed by atoms with Gasteiger partial charge in [0.1, 0.15) is 22.7 Å². The maximum Gasteiger partial charge on any atom is 0.325 e. The Balaban J connectivity index is 2.44. The Kier molecular flexibility index (Phi) is 3.37. The first kappa shape index (κ1) is 14.3. The number of aliphatic carboxylic acids is 1. The standard InChI is InChI=1S/C13H12BrN3O3S/c1-6(2)11-15-16(5-10(18)19)12(20)8-3-7-4-9(14)21-13(7)17(8)11/h3-4,6H,5H2,1-2H3,(H,18,19). The first-order valence-electron chi connectivity index (χ1n) is 6.31. The van der Waals surface area contributed by atoms with Gasteiger partial charge < -0.3 is 5.11 Å². The van der Waals surface area contributed by atoms with Crippen LogP contribution < -0.4 is 5.56 Å². The quantitative estimate of drug-likeness (QED) is 0.769. The van der Waals surface area contributed by atoms with Crippen molar-refractivity contribution in [2.45, 2.75) is 26.3 Å². The van der Waals surface area contributed by atoms with Crippen LogP contribution in [-0.2, 0) is 11.3 Å². The number of thiophene rings is 1. The third-order valence-corrected chi connectivity index (χ3v) is 4.79. The number of carboxylic acids is 1. The van der Waals surface area contributed by atoms with E-state index in [4.69, 9.17) is 5.11 Å². The SMILES string of the molecule is CC(C)c1nn(CC(=O)O)c(=O)c2cc3cc(Br)sc3n12. The Labute approximate surface area is 131 Å². The number of rotatable bonds is 3. The lowest BCUT2D eigenvalue weighted by Crippen LogP contribution is -2.30. The van der Waals surface area contributed by atoms with Crippen molar-refractivity contribution in [2.24, 2.45) is 0 Å². The third-order valence-electron chi connectivity index (χ3n) is 3.15. The molecule has 0 aromatic carbocycles. The largest absolute Gasteiger partial charge is 0.480 e. The summed E-state index contributed by atoms with van der Waals surface area (Å²) in [4.78, 5) is 24.2. The zero-order chi connectivity index (χ0) is 15.3. The number of halogens is 1. The second kappa shape index (κ2) is 4.96. The summed E-state index contributed by atoms with van der Waals surface area (Å²) in [5.41, 5.74) is 0.0741. The first-order valence-corrected chi connectivity index (χ1v) is 7.92. The molecular weight excluding hydrogens is 358 g/mol. The van der Waals surface area contributed by atoms with Gasteiger partial charge in [0, 0.05) is 11.3 Å². The van der Waals surface area contributed by atoms with Crippen LogP contribution >= 0.6 is 27.3 Å². The Morgan fingerprint density at radius 1 is 1.48 bits per heavy atom. The van der Waals surface area contributed by atoms with Gasteiger partial charge in [0.25, 0.3) is 5.56 Å². The Hall–Kier alpha value is -1.67. The molecule has 6 nitrogen and oxygen atoms in total. The van der Waals surface area contributed by atoms with Crippen molar-refractivity contribution < 1.29 is 9.90 Å². The second-order valence-corrected chi connectivity index (χ2v) is 7.46. The van der Waals surface area contributed by atoms with Crippen LogP contribution in [0.3, 0.4) is 0 Å². The van der Waals surface area contributed by atoms with E-state index in [0.29, 0.717) is 11.3 Å². The zero-order valence-electron chi connectivity index (χ0n) is 11.3. The average molecular weight is 370 g/mol. The van der Waals surface area contributed by atoms with E-state index in [1.807, 2.05) is 24.3 Å². The molecule has 1 N–H and O–H groups in total. The van der Waals surface area contributed by atoms with Crippen LogP contribution in [0.25, 0.3) is 15.7 Å². The van der Waals surface area contributed by atoms with Crippen molar-refractivity contribution in [1.82, 2.24) is 14.2 Å². The van der Waals surface area contributed by atoms with E-state index in [1.165, 1.54) is 11.3 Å². The molecule has 0 fully saturated rings. The molecule has 3 aromatic rings. The van der Waals surface area contributed by atoms with Crippen LogP contribution in [-0.4, -0.2) is 25.3 Å². The van der Waals surface area contributed by atoms with Gasteiger partial charge in [-0.05, 0) is 28.1 Å². The first-order chi connectivity index (χ1) is 9.88. The Morgan fingerprint density at radius 2 is 2.19 bits per heavy atom. The molecule has 0 unspecified atom stereocenters. The van der Waals surface area contributed by atoms with Crippen molar-refractivity contribution in [3.05, 3.63) is 32.1 Å². The number of hydrogen-bond acceptors (Lipinski definition) is 4. The van der Waals surface area contributed by atoms with Crippen molar-refractivity contribution in [1.29, 1.82) is 0 Å². The van der Waals surface area contributed by atoms with Gasteiger partial charge in [-0.2, -0.15) is 5.10 Å². The highest BCUT2D eigenvalue weighted by Gasteiger charge is 2.18. The molecule has 0 bridgehead atoms. The minimum absolute atomic E-state index is 0.0598. The van der Waals surface area contributed by atoms with Crippen LogP contribution in [0.1, 0.15) is 25.6 Å². The molecule has 3 rings (SSSR count). The number of carbonyl (C=O) groups is 1. The van der Waals surface area contributed by atoms with Crippen LogP contribution in [0, 0.1) is 0 Å². The number of fused-ring (bicyclic) bond motifs is 3. The average Bonchev–Trinajstić information content (AvgIpc) is 2.88. The lowest BCUT2D eigenvalue weighted by molar-refractivity contribution is -0.138. The van der Waals surface area contributed by atoms with Gasteiger partial charge in [0.2, 0.25) is 0 Å². The molecule has 0 aliphatic rings. The molecule has 0 saturated heterocycles. The summed E-state index contributed by atoms with van der Waals surface area (Å²) >= 11 is 4.96. The molecule has 0 atom stereocenters. The number of carboxylic acid groups (broad SMARTS) is 1. The van der Waals surface area contributed by atoms with Crippen molar-refractivity contribution in [3.8, 4) is 0 Å². The predicted molar refractivity (Wildman–Crippen MR) is 84.3 cm³/mol. The Morgan fingerprint density at radius 3 is 2.81 bits per heavy atom. The summed E-state index contributed by atoms with van der Waals surface area (Å²) in [6.45, 7) is 3.50. The third kappa shape index (κ3) is 2.28. The topological polar surface area (TPSA) is 76.6 Å². The predicted octanol–water partition coefficient (Wildman–Crippen LogP) is 2.68. The van der Waals surface area contributed by atoms with Crippen LogP contribution in [0.15, 0.2) is 20.7 Å². The van der Waals surface area contributed by atoms with Gasteiger partial charge in [-0.3, -0.25) is 14.0 Å².